The van der Waals surface area contributed by atoms with E-state index in [0.29, 0.717) is 13.0 Å². The molecule has 2 saturated heterocycles. The molecule has 11 nitrogen and oxygen atoms in total. The van der Waals surface area contributed by atoms with Crippen molar-refractivity contribution < 1.29 is 29.3 Å². The number of hydrogen-bond donors (Lipinski definition) is 4. The average Bonchev–Trinajstić information content (AvgIpc) is 3.53. The molecule has 4 aromatic carbocycles. The molecule has 0 spiro atoms. The molecule has 7 rings (SSSR count). The summed E-state index contributed by atoms with van der Waals surface area (Å²) in [6.07, 6.45) is 1.18. The summed E-state index contributed by atoms with van der Waals surface area (Å²) in [5.41, 5.74) is 7.45. The normalized spacial score (nSPS) is 20.9. The van der Waals surface area contributed by atoms with Crippen LogP contribution in [0.2, 0.25) is 0 Å². The third-order valence-electron chi connectivity index (χ3n) is 10.8. The van der Waals surface area contributed by atoms with Crippen LogP contribution in [0.15, 0.2) is 102 Å². The van der Waals surface area contributed by atoms with Crippen molar-refractivity contribution in [2.75, 3.05) is 19.6 Å². The van der Waals surface area contributed by atoms with Crippen molar-refractivity contribution in [3.8, 4) is 11.1 Å². The molecule has 0 saturated carbocycles. The first-order chi connectivity index (χ1) is 26.2. The maximum absolute atomic E-state index is 12.9. The molecule has 0 bridgehead atoms. The molecule has 1 amide bonds. The number of H-pyrrole nitrogens is 1. The number of rotatable bonds is 13. The highest BCUT2D eigenvalue weighted by Gasteiger charge is 2.40. The Morgan fingerprint density at radius 1 is 0.852 bits per heavy atom. The second kappa shape index (κ2) is 16.9. The lowest BCUT2D eigenvalue weighted by atomic mass is 9.89. The van der Waals surface area contributed by atoms with Gasteiger partial charge in [0.1, 0.15) is 0 Å². The zero-order chi connectivity index (χ0) is 37.6. The largest absolute Gasteiger partial charge is 0.481 e. The monoisotopic (exact) mass is 732 g/mol. The molecule has 0 unspecified atom stereocenters. The van der Waals surface area contributed by atoms with Crippen molar-refractivity contribution in [1.82, 2.24) is 19.8 Å². The highest BCUT2D eigenvalue weighted by molar-refractivity contribution is 5.77. The summed E-state index contributed by atoms with van der Waals surface area (Å²) in [6.45, 7) is 4.92. The Balaban J connectivity index is 1.07. The summed E-state index contributed by atoms with van der Waals surface area (Å²) in [7, 11) is 0. The fraction of sp³-hybridized carbons (Fsp3) is 0.372. The van der Waals surface area contributed by atoms with Gasteiger partial charge < -0.3 is 34.9 Å². The van der Waals surface area contributed by atoms with Crippen LogP contribution in [-0.4, -0.2) is 62.3 Å². The van der Waals surface area contributed by atoms with Gasteiger partial charge in [-0.15, -0.1) is 0 Å². The number of fused-ring (bicyclic) bond motifs is 1. The third-order valence-corrected chi connectivity index (χ3v) is 10.8. The van der Waals surface area contributed by atoms with Crippen molar-refractivity contribution >= 4 is 22.9 Å². The van der Waals surface area contributed by atoms with E-state index in [4.69, 9.17) is 14.6 Å². The van der Waals surface area contributed by atoms with Crippen molar-refractivity contribution in [3.05, 3.63) is 130 Å². The van der Waals surface area contributed by atoms with Crippen molar-refractivity contribution in [2.45, 2.75) is 76.7 Å². The van der Waals surface area contributed by atoms with Crippen molar-refractivity contribution in [3.63, 3.8) is 0 Å². The van der Waals surface area contributed by atoms with E-state index in [2.05, 4.69) is 28.2 Å². The van der Waals surface area contributed by atoms with Crippen LogP contribution in [0.25, 0.3) is 22.2 Å². The number of para-hydroxylation sites is 2. The molecule has 3 heterocycles. The fourth-order valence-corrected chi connectivity index (χ4v) is 7.79. The van der Waals surface area contributed by atoms with Gasteiger partial charge in [-0.1, -0.05) is 79.7 Å². The fourth-order valence-electron chi connectivity index (χ4n) is 7.79. The van der Waals surface area contributed by atoms with E-state index in [1.807, 2.05) is 95.6 Å². The number of carboxylic acids is 1. The van der Waals surface area contributed by atoms with Crippen LogP contribution in [0.3, 0.4) is 0 Å². The summed E-state index contributed by atoms with van der Waals surface area (Å²) < 4.78 is 15.5. The number of carbonyl (C=O) groups is 2. The predicted molar refractivity (Wildman–Crippen MR) is 205 cm³/mol. The number of nitrogens with zero attached hydrogens (tertiary/aromatic N) is 2. The molecule has 4 atom stereocenters. The minimum absolute atomic E-state index is 0.0243. The van der Waals surface area contributed by atoms with E-state index in [-0.39, 0.29) is 55.2 Å². The van der Waals surface area contributed by atoms with Gasteiger partial charge in [0.25, 0.3) is 0 Å². The number of aliphatic hydroxyl groups excluding tert-OH is 1. The van der Waals surface area contributed by atoms with Gasteiger partial charge in [0.2, 0.25) is 5.91 Å². The van der Waals surface area contributed by atoms with Gasteiger partial charge in [-0.25, -0.2) is 4.79 Å². The number of benzene rings is 4. The number of aliphatic hydroxyl groups is 1. The van der Waals surface area contributed by atoms with Gasteiger partial charge in [-0.05, 0) is 71.3 Å². The van der Waals surface area contributed by atoms with Gasteiger partial charge in [-0.3, -0.25) is 14.2 Å². The number of amides is 1. The molecular formula is C43H48N4O7. The molecule has 0 aliphatic carbocycles. The Hall–Kier alpha value is -5.07. The number of ether oxygens (including phenoxy) is 2. The molecule has 2 fully saturated rings. The Labute approximate surface area is 314 Å². The van der Waals surface area contributed by atoms with E-state index in [1.165, 1.54) is 0 Å². The molecule has 54 heavy (non-hydrogen) atoms. The maximum atomic E-state index is 12.9. The predicted octanol–water partition coefficient (Wildman–Crippen LogP) is 6.49. The molecule has 2 aliphatic heterocycles. The lowest BCUT2D eigenvalue weighted by Gasteiger charge is -2.44. The summed E-state index contributed by atoms with van der Waals surface area (Å²) in [5.74, 6) is -1.04. The Bertz CT molecular complexity index is 2120. The molecule has 11 heteroatoms. The molecule has 0 radical (unpaired) electrons. The van der Waals surface area contributed by atoms with Crippen LogP contribution in [0.5, 0.6) is 0 Å². The van der Waals surface area contributed by atoms with Crippen LogP contribution in [-0.2, 0) is 32.2 Å². The molecule has 1 aromatic heterocycles. The lowest BCUT2D eigenvalue weighted by molar-refractivity contribution is -0.276. The van der Waals surface area contributed by atoms with Crippen LogP contribution in [0.4, 0.5) is 0 Å². The molecule has 282 valence electrons. The molecule has 2 aliphatic rings. The number of aromatic amines is 1. The van der Waals surface area contributed by atoms with Crippen LogP contribution in [0.1, 0.15) is 79.7 Å². The van der Waals surface area contributed by atoms with Gasteiger partial charge in [0, 0.05) is 56.5 Å². The van der Waals surface area contributed by atoms with E-state index >= 15 is 0 Å². The number of piperidine rings is 1. The van der Waals surface area contributed by atoms with E-state index < -0.39 is 12.3 Å². The third kappa shape index (κ3) is 8.66. The van der Waals surface area contributed by atoms with E-state index in [1.54, 1.807) is 0 Å². The molecule has 5 aromatic rings. The zero-order valence-corrected chi connectivity index (χ0v) is 30.5. The summed E-state index contributed by atoms with van der Waals surface area (Å²) in [4.78, 5) is 41.4. The number of hydrogen-bond acceptors (Lipinski definition) is 7. The zero-order valence-electron chi connectivity index (χ0n) is 30.5. The van der Waals surface area contributed by atoms with Gasteiger partial charge in [-0.2, -0.15) is 0 Å². The first kappa shape index (κ1) is 37.3. The second-order valence-corrected chi connectivity index (χ2v) is 14.5. The quantitative estimate of drug-likeness (QED) is 0.108. The van der Waals surface area contributed by atoms with Crippen LogP contribution in [0, 0.1) is 5.92 Å². The number of imidazole rings is 1. The second-order valence-electron chi connectivity index (χ2n) is 14.5. The average molecular weight is 733 g/mol. The SMILES string of the molecule is C[C@@H]1[C@H](CN2CCC(n3c(=O)[nH]c4ccccc43)CC2)O[C@H](c2cccc(-c3cccc(CNC(=O)CCCC(=O)O)c3)c2)O[C@@H]1c1ccc(CO)cc1. The number of carbonyl (C=O) groups excluding carboxylic acids is 1. The van der Waals surface area contributed by atoms with Gasteiger partial charge in [0.05, 0.1) is 29.8 Å². The van der Waals surface area contributed by atoms with Crippen molar-refractivity contribution in [1.29, 1.82) is 0 Å². The van der Waals surface area contributed by atoms with E-state index in [0.717, 1.165) is 76.9 Å². The Kier molecular flexibility index (Phi) is 11.7. The first-order valence-corrected chi connectivity index (χ1v) is 18.9. The first-order valence-electron chi connectivity index (χ1n) is 18.9. The van der Waals surface area contributed by atoms with Gasteiger partial charge >= 0.3 is 11.7 Å². The van der Waals surface area contributed by atoms with E-state index in [9.17, 15) is 19.5 Å². The van der Waals surface area contributed by atoms with Crippen LogP contribution >= 0.6 is 0 Å². The number of nitrogens with one attached hydrogen (secondary N) is 2. The Morgan fingerprint density at radius 2 is 1.59 bits per heavy atom. The topological polar surface area (TPSA) is 146 Å². The maximum Gasteiger partial charge on any atom is 0.326 e. The Morgan fingerprint density at radius 3 is 2.35 bits per heavy atom. The lowest BCUT2D eigenvalue weighted by Crippen LogP contribution is -2.47. The number of carboxylic acid groups (broad SMARTS) is 1. The van der Waals surface area contributed by atoms with Crippen molar-refractivity contribution in [2.24, 2.45) is 5.92 Å². The summed E-state index contributed by atoms with van der Waals surface area (Å²) in [5, 5.41) is 21.4. The molecular weight excluding hydrogens is 684 g/mol. The highest BCUT2D eigenvalue weighted by Crippen LogP contribution is 2.43. The highest BCUT2D eigenvalue weighted by atomic mass is 16.7. The number of aromatic nitrogens is 2. The number of likely N-dealkylation sites (tertiary alicyclic amines) is 1. The summed E-state index contributed by atoms with van der Waals surface area (Å²) in [6, 6.07) is 32.1. The minimum Gasteiger partial charge on any atom is -0.481 e. The standard InChI is InChI=1S/C43H48N4O7/c1-28-38(26-46-21-19-35(20-22-46)47-37-12-3-2-11-36(37)45-43(47)52)53-42(54-41(28)31-17-15-29(27-48)16-18-31)34-10-5-9-33(24-34)32-8-4-7-30(23-32)25-44-39(49)13-6-14-40(50)51/h2-5,7-12,15-18,23-24,28,35,38,41-42,48H,6,13-14,19-22,25-27H2,1H3,(H,44,49)(H,45,52)(H,50,51)/t28-,38+,41+,42+/m1/s1. The smallest absolute Gasteiger partial charge is 0.326 e. The van der Waals surface area contributed by atoms with Crippen LogP contribution < -0.4 is 11.0 Å². The minimum atomic E-state index is -0.906. The molecule has 4 N–H and O–H groups in total. The van der Waals surface area contributed by atoms with Gasteiger partial charge in [0.15, 0.2) is 6.29 Å². The summed E-state index contributed by atoms with van der Waals surface area (Å²) >= 11 is 0. The number of aliphatic carboxylic acids is 1.